The molecule has 0 bridgehead atoms. The molecule has 0 amide bonds. The lowest BCUT2D eigenvalue weighted by atomic mass is 10.0. The molecule has 20 heavy (non-hydrogen) atoms. The van der Waals surface area contributed by atoms with Gasteiger partial charge in [-0.05, 0) is 37.8 Å². The van der Waals surface area contributed by atoms with Crippen molar-refractivity contribution in [3.8, 4) is 0 Å². The van der Waals surface area contributed by atoms with Crippen molar-refractivity contribution in [2.45, 2.75) is 84.7 Å². The number of unbranched alkanes of at least 4 members (excludes halogenated alkanes) is 3. The monoisotopic (exact) mass is 275 g/mol. The van der Waals surface area contributed by atoms with Gasteiger partial charge in [-0.3, -0.25) is 0 Å². The van der Waals surface area contributed by atoms with Crippen molar-refractivity contribution in [1.29, 1.82) is 0 Å². The average Bonchev–Trinajstić information content (AvgIpc) is 2.45. The summed E-state index contributed by atoms with van der Waals surface area (Å²) in [5, 5.41) is 3.72. The molecule has 1 heteroatoms. The first kappa shape index (κ1) is 17.2. The first-order valence-electron chi connectivity index (χ1n) is 8.52. The van der Waals surface area contributed by atoms with Gasteiger partial charge < -0.3 is 5.32 Å². The van der Waals surface area contributed by atoms with Crippen molar-refractivity contribution in [1.82, 2.24) is 5.32 Å². The van der Waals surface area contributed by atoms with E-state index in [1.54, 1.807) is 0 Å². The Bertz CT molecular complexity index is 341. The molecule has 0 aliphatic carbocycles. The fourth-order valence-corrected chi connectivity index (χ4v) is 2.75. The summed E-state index contributed by atoms with van der Waals surface area (Å²) in [4.78, 5) is 0. The molecule has 0 fully saturated rings. The maximum atomic E-state index is 3.72. The molecule has 0 radical (unpaired) electrons. The molecule has 1 N–H and O–H groups in total. The van der Waals surface area contributed by atoms with Gasteiger partial charge in [0.25, 0.3) is 0 Å². The Labute approximate surface area is 126 Å². The minimum absolute atomic E-state index is 0.451. The fourth-order valence-electron chi connectivity index (χ4n) is 2.75. The van der Waals surface area contributed by atoms with E-state index in [1.165, 1.54) is 56.1 Å². The summed E-state index contributed by atoms with van der Waals surface area (Å²) in [5.41, 5.74) is 2.86. The Hall–Kier alpha value is -0.820. The number of hydrogen-bond donors (Lipinski definition) is 1. The molecule has 0 saturated carbocycles. The van der Waals surface area contributed by atoms with Gasteiger partial charge >= 0.3 is 0 Å². The Morgan fingerprint density at radius 2 is 1.60 bits per heavy atom. The summed E-state index contributed by atoms with van der Waals surface area (Å²) in [6.07, 6.45) is 9.13. The van der Waals surface area contributed by atoms with Crippen LogP contribution in [0.1, 0.15) is 83.4 Å². The molecular weight excluding hydrogens is 242 g/mol. The molecular formula is C19H33N. The van der Waals surface area contributed by atoms with E-state index in [2.05, 4.69) is 57.3 Å². The first-order valence-corrected chi connectivity index (χ1v) is 8.52. The second-order valence-electron chi connectivity index (χ2n) is 6.13. The standard InChI is InChI=1S/C19H33N/c1-5-7-8-9-11-16(3)20-17(4)19-14-12-18(10-6-2)13-15-19/h12-17,20H,5-11H2,1-4H3. The molecule has 0 aliphatic rings. The van der Waals surface area contributed by atoms with Crippen LogP contribution in [0.3, 0.4) is 0 Å². The first-order chi connectivity index (χ1) is 9.67. The Kier molecular flexibility index (Phi) is 8.60. The van der Waals surface area contributed by atoms with Crippen molar-refractivity contribution >= 4 is 0 Å². The van der Waals surface area contributed by atoms with Crippen molar-refractivity contribution in [3.05, 3.63) is 35.4 Å². The number of rotatable bonds is 10. The Balaban J connectivity index is 2.35. The zero-order valence-corrected chi connectivity index (χ0v) is 13.9. The second kappa shape index (κ2) is 9.99. The topological polar surface area (TPSA) is 12.0 Å². The molecule has 1 aromatic rings. The molecule has 1 nitrogen and oxygen atoms in total. The largest absolute Gasteiger partial charge is 0.308 e. The molecule has 1 rings (SSSR count). The molecule has 0 heterocycles. The van der Waals surface area contributed by atoms with Crippen LogP contribution < -0.4 is 5.32 Å². The number of aryl methyl sites for hydroxylation is 1. The summed E-state index contributed by atoms with van der Waals surface area (Å²) in [5.74, 6) is 0. The van der Waals surface area contributed by atoms with Crippen LogP contribution in [0.5, 0.6) is 0 Å². The summed E-state index contributed by atoms with van der Waals surface area (Å²) >= 11 is 0. The minimum Gasteiger partial charge on any atom is -0.308 e. The molecule has 2 unspecified atom stereocenters. The zero-order chi connectivity index (χ0) is 14.8. The van der Waals surface area contributed by atoms with Gasteiger partial charge in [-0.15, -0.1) is 0 Å². The van der Waals surface area contributed by atoms with Gasteiger partial charge in [-0.2, -0.15) is 0 Å². The zero-order valence-electron chi connectivity index (χ0n) is 13.9. The molecule has 1 aromatic carbocycles. The van der Waals surface area contributed by atoms with Crippen LogP contribution in [-0.2, 0) is 6.42 Å². The summed E-state index contributed by atoms with van der Waals surface area (Å²) in [7, 11) is 0. The van der Waals surface area contributed by atoms with E-state index in [0.717, 1.165) is 0 Å². The van der Waals surface area contributed by atoms with Crippen LogP contribution in [0.25, 0.3) is 0 Å². The van der Waals surface area contributed by atoms with Crippen LogP contribution in [0.4, 0.5) is 0 Å². The van der Waals surface area contributed by atoms with Crippen LogP contribution in [-0.4, -0.2) is 6.04 Å². The van der Waals surface area contributed by atoms with Crippen LogP contribution in [0, 0.1) is 0 Å². The van der Waals surface area contributed by atoms with Gasteiger partial charge in [-0.1, -0.05) is 70.2 Å². The highest BCUT2D eigenvalue weighted by molar-refractivity contribution is 5.24. The van der Waals surface area contributed by atoms with Crippen molar-refractivity contribution in [2.75, 3.05) is 0 Å². The van der Waals surface area contributed by atoms with E-state index in [0.29, 0.717) is 12.1 Å². The van der Waals surface area contributed by atoms with Crippen LogP contribution in [0.15, 0.2) is 24.3 Å². The fraction of sp³-hybridized carbons (Fsp3) is 0.684. The average molecular weight is 275 g/mol. The van der Waals surface area contributed by atoms with E-state index < -0.39 is 0 Å². The van der Waals surface area contributed by atoms with Gasteiger partial charge in [0.2, 0.25) is 0 Å². The molecule has 0 aromatic heterocycles. The lowest BCUT2D eigenvalue weighted by molar-refractivity contribution is 0.438. The van der Waals surface area contributed by atoms with Crippen molar-refractivity contribution < 1.29 is 0 Å². The number of benzene rings is 1. The molecule has 0 spiro atoms. The minimum atomic E-state index is 0.451. The highest BCUT2D eigenvalue weighted by Gasteiger charge is 2.09. The number of hydrogen-bond acceptors (Lipinski definition) is 1. The lowest BCUT2D eigenvalue weighted by Crippen LogP contribution is -2.28. The lowest BCUT2D eigenvalue weighted by Gasteiger charge is -2.20. The number of nitrogens with one attached hydrogen (secondary N) is 1. The summed E-state index contributed by atoms with van der Waals surface area (Å²) in [6, 6.07) is 10.2. The van der Waals surface area contributed by atoms with E-state index in [9.17, 15) is 0 Å². The van der Waals surface area contributed by atoms with Gasteiger partial charge in [-0.25, -0.2) is 0 Å². The Morgan fingerprint density at radius 1 is 0.900 bits per heavy atom. The van der Waals surface area contributed by atoms with Crippen LogP contribution >= 0.6 is 0 Å². The van der Waals surface area contributed by atoms with Crippen LogP contribution in [0.2, 0.25) is 0 Å². The van der Waals surface area contributed by atoms with Gasteiger partial charge in [0.05, 0.1) is 0 Å². The summed E-state index contributed by atoms with van der Waals surface area (Å²) < 4.78 is 0. The van der Waals surface area contributed by atoms with E-state index in [1.807, 2.05) is 0 Å². The van der Waals surface area contributed by atoms with Crippen molar-refractivity contribution in [3.63, 3.8) is 0 Å². The maximum absolute atomic E-state index is 3.72. The predicted octanol–water partition coefficient (Wildman–Crippen LogP) is 5.65. The highest BCUT2D eigenvalue weighted by atomic mass is 14.9. The quantitative estimate of drug-likeness (QED) is 0.544. The third kappa shape index (κ3) is 6.56. The third-order valence-electron chi connectivity index (χ3n) is 4.04. The smallest absolute Gasteiger partial charge is 0.0294 e. The molecule has 0 saturated heterocycles. The maximum Gasteiger partial charge on any atom is 0.0294 e. The third-order valence-corrected chi connectivity index (χ3v) is 4.04. The molecule has 114 valence electrons. The van der Waals surface area contributed by atoms with Crippen molar-refractivity contribution in [2.24, 2.45) is 0 Å². The molecule has 2 atom stereocenters. The SMILES string of the molecule is CCCCCCC(C)NC(C)c1ccc(CCC)cc1. The van der Waals surface area contributed by atoms with Gasteiger partial charge in [0, 0.05) is 12.1 Å². The van der Waals surface area contributed by atoms with E-state index in [4.69, 9.17) is 0 Å². The Morgan fingerprint density at radius 3 is 2.20 bits per heavy atom. The van der Waals surface area contributed by atoms with E-state index >= 15 is 0 Å². The van der Waals surface area contributed by atoms with Gasteiger partial charge in [0.15, 0.2) is 0 Å². The normalized spacial score (nSPS) is 14.2. The highest BCUT2D eigenvalue weighted by Crippen LogP contribution is 2.16. The molecule has 0 aliphatic heterocycles. The predicted molar refractivity (Wildman–Crippen MR) is 90.2 cm³/mol. The second-order valence-corrected chi connectivity index (χ2v) is 6.13. The van der Waals surface area contributed by atoms with E-state index in [-0.39, 0.29) is 0 Å². The van der Waals surface area contributed by atoms with Gasteiger partial charge in [0.1, 0.15) is 0 Å². The summed E-state index contributed by atoms with van der Waals surface area (Å²) in [6.45, 7) is 9.09.